The van der Waals surface area contributed by atoms with Gasteiger partial charge in [-0.3, -0.25) is 14.5 Å². The number of nitrogens with one attached hydrogen (secondary N) is 1. The lowest BCUT2D eigenvalue weighted by atomic mass is 10.2. The van der Waals surface area contributed by atoms with E-state index >= 15 is 0 Å². The number of nitrogens with zero attached hydrogens (tertiary/aromatic N) is 2. The Balaban J connectivity index is 2.83. The van der Waals surface area contributed by atoms with E-state index in [1.165, 1.54) is 18.9 Å². The van der Waals surface area contributed by atoms with Crippen molar-refractivity contribution >= 4 is 29.1 Å². The number of benzene rings is 1. The van der Waals surface area contributed by atoms with Gasteiger partial charge in [0.15, 0.2) is 0 Å². The van der Waals surface area contributed by atoms with Crippen LogP contribution in [0.3, 0.4) is 0 Å². The van der Waals surface area contributed by atoms with Crippen molar-refractivity contribution in [2.24, 2.45) is 0 Å². The Morgan fingerprint density at radius 1 is 1.29 bits per heavy atom. The number of rotatable bonds is 8. The molecule has 0 aliphatic rings. The Bertz CT molecular complexity index is 591. The van der Waals surface area contributed by atoms with E-state index in [1.807, 2.05) is 21.0 Å². The zero-order valence-electron chi connectivity index (χ0n) is 15.0. The molecule has 0 spiro atoms. The molecule has 0 aromatic heterocycles. The Morgan fingerprint density at radius 2 is 1.96 bits per heavy atom. The maximum Gasteiger partial charge on any atom is 0.240 e. The van der Waals surface area contributed by atoms with Crippen molar-refractivity contribution in [2.75, 3.05) is 45.7 Å². The Labute approximate surface area is 148 Å². The minimum absolute atomic E-state index is 0.0608. The number of halogens is 1. The number of hydrogen-bond acceptors (Lipinski definition) is 4. The molecule has 2 amide bonds. The summed E-state index contributed by atoms with van der Waals surface area (Å²) in [7, 11) is 5.47. The van der Waals surface area contributed by atoms with E-state index in [4.69, 9.17) is 16.3 Å². The Morgan fingerprint density at radius 3 is 2.50 bits per heavy atom. The molecule has 0 atom stereocenters. The van der Waals surface area contributed by atoms with E-state index in [-0.39, 0.29) is 18.4 Å². The van der Waals surface area contributed by atoms with Crippen molar-refractivity contribution in [2.45, 2.75) is 20.3 Å². The summed E-state index contributed by atoms with van der Waals surface area (Å²) in [6, 6.07) is 3.40. The van der Waals surface area contributed by atoms with Crippen LogP contribution < -0.4 is 15.0 Å². The van der Waals surface area contributed by atoms with Crippen LogP contribution in [0.4, 0.5) is 5.69 Å². The van der Waals surface area contributed by atoms with Gasteiger partial charge < -0.3 is 15.0 Å². The molecule has 0 radical (unpaired) electrons. The third-order valence-electron chi connectivity index (χ3n) is 3.54. The minimum Gasteiger partial charge on any atom is -0.495 e. The molecule has 1 aromatic carbocycles. The van der Waals surface area contributed by atoms with E-state index in [9.17, 15) is 9.59 Å². The number of ether oxygens (including phenoxy) is 1. The molecule has 0 saturated heterocycles. The second-order valence-electron chi connectivity index (χ2n) is 5.89. The number of aryl methyl sites for hydroxylation is 1. The topological polar surface area (TPSA) is 61.9 Å². The van der Waals surface area contributed by atoms with Crippen LogP contribution in [-0.2, 0) is 9.59 Å². The molecule has 0 saturated carbocycles. The molecular weight excluding hydrogens is 330 g/mol. The van der Waals surface area contributed by atoms with Gasteiger partial charge in [0.25, 0.3) is 0 Å². The lowest BCUT2D eigenvalue weighted by Gasteiger charge is -2.23. The molecule has 1 aromatic rings. The van der Waals surface area contributed by atoms with E-state index in [0.29, 0.717) is 23.0 Å². The van der Waals surface area contributed by atoms with Crippen molar-refractivity contribution in [3.05, 3.63) is 22.7 Å². The first-order valence-electron chi connectivity index (χ1n) is 7.80. The van der Waals surface area contributed by atoms with Crippen LogP contribution in [0.1, 0.15) is 18.9 Å². The maximum absolute atomic E-state index is 12.1. The molecule has 0 aliphatic heterocycles. The number of hydrogen-bond donors (Lipinski definition) is 1. The fraction of sp³-hybridized carbons (Fsp3) is 0.529. The summed E-state index contributed by atoms with van der Waals surface area (Å²) < 4.78 is 5.30. The quantitative estimate of drug-likeness (QED) is 0.725. The second kappa shape index (κ2) is 9.49. The van der Waals surface area contributed by atoms with Crippen LogP contribution in [0.5, 0.6) is 5.75 Å². The SMILES string of the molecule is COc1cc(Cl)c(C)cc1N(CC(=O)NCCCN(C)C)C(C)=O. The average molecular weight is 356 g/mol. The van der Waals surface area contributed by atoms with Gasteiger partial charge in [0.05, 0.1) is 12.8 Å². The maximum atomic E-state index is 12.1. The van der Waals surface area contributed by atoms with Crippen LogP contribution >= 0.6 is 11.6 Å². The highest BCUT2D eigenvalue weighted by atomic mass is 35.5. The largest absolute Gasteiger partial charge is 0.495 e. The van der Waals surface area contributed by atoms with Gasteiger partial charge in [-0.15, -0.1) is 0 Å². The molecule has 6 nitrogen and oxygen atoms in total. The van der Waals surface area contributed by atoms with Crippen LogP contribution in [0, 0.1) is 6.92 Å². The molecule has 0 heterocycles. The smallest absolute Gasteiger partial charge is 0.240 e. The third-order valence-corrected chi connectivity index (χ3v) is 3.94. The van der Waals surface area contributed by atoms with Gasteiger partial charge in [-0.2, -0.15) is 0 Å². The van der Waals surface area contributed by atoms with Gasteiger partial charge in [0.2, 0.25) is 11.8 Å². The van der Waals surface area contributed by atoms with Crippen LogP contribution in [0.15, 0.2) is 12.1 Å². The molecule has 0 bridgehead atoms. The van der Waals surface area contributed by atoms with Gasteiger partial charge in [0, 0.05) is 24.6 Å². The minimum atomic E-state index is -0.238. The third kappa shape index (κ3) is 6.02. The number of methoxy groups -OCH3 is 1. The van der Waals surface area contributed by atoms with Crippen molar-refractivity contribution in [3.63, 3.8) is 0 Å². The Hall–Kier alpha value is -1.79. The zero-order chi connectivity index (χ0) is 18.3. The zero-order valence-corrected chi connectivity index (χ0v) is 15.7. The highest BCUT2D eigenvalue weighted by molar-refractivity contribution is 6.31. The van der Waals surface area contributed by atoms with E-state index in [1.54, 1.807) is 12.1 Å². The van der Waals surface area contributed by atoms with Crippen molar-refractivity contribution in [1.82, 2.24) is 10.2 Å². The monoisotopic (exact) mass is 355 g/mol. The first kappa shape index (κ1) is 20.3. The number of amides is 2. The summed E-state index contributed by atoms with van der Waals surface area (Å²) in [5.41, 5.74) is 1.35. The lowest BCUT2D eigenvalue weighted by molar-refractivity contribution is -0.123. The lowest BCUT2D eigenvalue weighted by Crippen LogP contribution is -2.40. The number of anilines is 1. The van der Waals surface area contributed by atoms with Gasteiger partial charge >= 0.3 is 0 Å². The van der Waals surface area contributed by atoms with Gasteiger partial charge in [-0.05, 0) is 45.6 Å². The molecule has 1 N–H and O–H groups in total. The summed E-state index contributed by atoms with van der Waals surface area (Å²) >= 11 is 6.10. The van der Waals surface area contributed by atoms with Gasteiger partial charge in [-0.1, -0.05) is 11.6 Å². The summed E-state index contributed by atoms with van der Waals surface area (Å²) in [4.78, 5) is 27.6. The molecule has 0 aliphatic carbocycles. The molecular formula is C17H26ClN3O3. The highest BCUT2D eigenvalue weighted by Gasteiger charge is 2.20. The van der Waals surface area contributed by atoms with E-state index in [0.717, 1.165) is 18.5 Å². The number of carbonyl (C=O) groups is 2. The first-order valence-corrected chi connectivity index (χ1v) is 8.17. The standard InChI is InChI=1S/C17H26ClN3O3/c1-12-9-15(16(24-5)10-14(12)18)21(13(2)22)11-17(23)19-7-6-8-20(3)4/h9-10H,6-8,11H2,1-5H3,(H,19,23). The van der Waals surface area contributed by atoms with Crippen molar-refractivity contribution in [3.8, 4) is 5.75 Å². The molecule has 0 unspecified atom stereocenters. The van der Waals surface area contributed by atoms with Crippen LogP contribution in [0.25, 0.3) is 0 Å². The summed E-state index contributed by atoms with van der Waals surface area (Å²) in [6.07, 6.45) is 0.849. The molecule has 0 fully saturated rings. The fourth-order valence-corrected chi connectivity index (χ4v) is 2.36. The highest BCUT2D eigenvalue weighted by Crippen LogP contribution is 2.33. The first-order chi connectivity index (χ1) is 11.3. The van der Waals surface area contributed by atoms with Crippen molar-refractivity contribution < 1.29 is 14.3 Å². The van der Waals surface area contributed by atoms with Gasteiger partial charge in [-0.25, -0.2) is 0 Å². The number of carbonyl (C=O) groups excluding carboxylic acids is 2. The molecule has 134 valence electrons. The summed E-state index contributed by atoms with van der Waals surface area (Å²) in [6.45, 7) is 4.66. The fourth-order valence-electron chi connectivity index (χ4n) is 2.21. The predicted molar refractivity (Wildman–Crippen MR) is 96.9 cm³/mol. The van der Waals surface area contributed by atoms with E-state index < -0.39 is 0 Å². The summed E-state index contributed by atoms with van der Waals surface area (Å²) in [5.74, 6) is 0.0123. The summed E-state index contributed by atoms with van der Waals surface area (Å²) in [5, 5.41) is 3.38. The molecule has 24 heavy (non-hydrogen) atoms. The molecule has 7 heteroatoms. The molecule has 1 rings (SSSR count). The average Bonchev–Trinajstić information content (AvgIpc) is 2.51. The second-order valence-corrected chi connectivity index (χ2v) is 6.29. The van der Waals surface area contributed by atoms with Crippen LogP contribution in [-0.4, -0.2) is 57.6 Å². The predicted octanol–water partition coefficient (Wildman–Crippen LogP) is 2.08. The van der Waals surface area contributed by atoms with Crippen molar-refractivity contribution in [1.29, 1.82) is 0 Å². The normalized spacial score (nSPS) is 10.6. The Kier molecular flexibility index (Phi) is 8.01. The van der Waals surface area contributed by atoms with Crippen LogP contribution in [0.2, 0.25) is 5.02 Å². The van der Waals surface area contributed by atoms with Gasteiger partial charge in [0.1, 0.15) is 12.3 Å². The van der Waals surface area contributed by atoms with E-state index in [2.05, 4.69) is 10.2 Å².